The summed E-state index contributed by atoms with van der Waals surface area (Å²) in [5.74, 6) is 1.09. The molecule has 0 aliphatic carbocycles. The van der Waals surface area contributed by atoms with Gasteiger partial charge in [-0.05, 0) is 134 Å². The minimum atomic E-state index is -0.417. The van der Waals surface area contributed by atoms with Crippen molar-refractivity contribution in [3.8, 4) is 56.9 Å². The minimum absolute atomic E-state index is 0.0970. The molecule has 10 heterocycles. The number of fused-ring (bicyclic) bond motifs is 2. The Morgan fingerprint density at radius 1 is 0.500 bits per heavy atom. The number of anilines is 2. The van der Waals surface area contributed by atoms with E-state index in [2.05, 4.69) is 88.9 Å². The average Bonchev–Trinajstić information content (AvgIpc) is 4.02. The van der Waals surface area contributed by atoms with Gasteiger partial charge in [0, 0.05) is 75.1 Å². The topological polar surface area (TPSA) is 213 Å². The summed E-state index contributed by atoms with van der Waals surface area (Å²) in [6, 6.07) is 37.6. The van der Waals surface area contributed by atoms with Crippen molar-refractivity contribution in [2.45, 2.75) is 50.9 Å². The number of benzene rings is 2. The molecule has 0 saturated carbocycles. The van der Waals surface area contributed by atoms with Crippen LogP contribution in [0.5, 0.6) is 0 Å². The van der Waals surface area contributed by atoms with Gasteiger partial charge in [-0.1, -0.05) is 24.3 Å². The Balaban J connectivity index is 0.637. The van der Waals surface area contributed by atoms with Gasteiger partial charge >= 0.3 is 6.03 Å². The summed E-state index contributed by atoms with van der Waals surface area (Å²) >= 11 is 0. The fourth-order valence-corrected chi connectivity index (χ4v) is 10.2. The van der Waals surface area contributed by atoms with Gasteiger partial charge in [-0.25, -0.2) is 43.5 Å². The van der Waals surface area contributed by atoms with Gasteiger partial charge in [0.25, 0.3) is 0 Å². The van der Waals surface area contributed by atoms with E-state index in [1.165, 1.54) is 24.5 Å². The lowest BCUT2D eigenvalue weighted by Crippen LogP contribution is -2.52. The van der Waals surface area contributed by atoms with E-state index in [9.17, 15) is 13.6 Å². The number of likely N-dealkylation sites (tertiary alicyclic amines) is 2. The van der Waals surface area contributed by atoms with Crippen LogP contribution in [0.15, 0.2) is 146 Å². The van der Waals surface area contributed by atoms with Crippen LogP contribution in [-0.2, 0) is 13.1 Å². The second-order valence-corrected chi connectivity index (χ2v) is 19.3. The molecule has 0 radical (unpaired) electrons. The molecule has 2 saturated heterocycles. The van der Waals surface area contributed by atoms with Crippen molar-refractivity contribution in [2.24, 2.45) is 0 Å². The van der Waals surface area contributed by atoms with Crippen LogP contribution in [0.1, 0.15) is 36.8 Å². The van der Waals surface area contributed by atoms with Crippen LogP contribution in [0.2, 0.25) is 0 Å². The van der Waals surface area contributed by atoms with Gasteiger partial charge in [-0.2, -0.15) is 0 Å². The van der Waals surface area contributed by atoms with E-state index in [0.29, 0.717) is 79.5 Å². The Hall–Kier alpha value is -9.07. The molecule has 0 unspecified atom stereocenters. The lowest BCUT2D eigenvalue weighted by atomic mass is 10.0. The summed E-state index contributed by atoms with van der Waals surface area (Å²) in [5, 5.41) is 6.52. The molecule has 380 valence electrons. The first-order chi connectivity index (χ1) is 37.1. The second kappa shape index (κ2) is 20.7. The summed E-state index contributed by atoms with van der Waals surface area (Å²) in [6.07, 6.45) is 9.09. The Morgan fingerprint density at radius 3 is 1.29 bits per heavy atom. The Labute approximate surface area is 435 Å². The van der Waals surface area contributed by atoms with Crippen LogP contribution >= 0.6 is 0 Å². The van der Waals surface area contributed by atoms with Crippen LogP contribution in [-0.4, -0.2) is 103 Å². The molecule has 8 aromatic heterocycles. The molecule has 12 rings (SSSR count). The van der Waals surface area contributed by atoms with E-state index >= 15 is 0 Å². The third kappa shape index (κ3) is 10.00. The van der Waals surface area contributed by atoms with Gasteiger partial charge in [0.05, 0.1) is 46.3 Å². The molecular weight excluding hydrogens is 963 g/mol. The Kier molecular flexibility index (Phi) is 13.0. The first kappa shape index (κ1) is 47.9. The van der Waals surface area contributed by atoms with Crippen LogP contribution in [0.25, 0.3) is 79.3 Å². The predicted molar refractivity (Wildman–Crippen MR) is 288 cm³/mol. The Bertz CT molecular complexity index is 3460. The van der Waals surface area contributed by atoms with E-state index < -0.39 is 11.6 Å². The molecule has 17 nitrogen and oxygen atoms in total. The lowest BCUT2D eigenvalue weighted by molar-refractivity contribution is 0.174. The number of urea groups is 1. The molecule has 6 N–H and O–H groups in total. The van der Waals surface area contributed by atoms with Gasteiger partial charge in [0.2, 0.25) is 0 Å². The maximum absolute atomic E-state index is 13.7. The zero-order chi connectivity index (χ0) is 51.7. The summed E-state index contributed by atoms with van der Waals surface area (Å²) in [6.45, 7) is 4.99. The van der Waals surface area contributed by atoms with Crippen molar-refractivity contribution >= 4 is 40.0 Å². The van der Waals surface area contributed by atoms with Crippen molar-refractivity contribution in [2.75, 3.05) is 37.6 Å². The number of nitrogen functional groups attached to an aromatic ring is 2. The average molecular weight is 1020 g/mol. The number of hydrogen-bond acceptors (Lipinski definition) is 13. The monoisotopic (exact) mass is 1010 g/mol. The van der Waals surface area contributed by atoms with Gasteiger partial charge < -0.3 is 22.1 Å². The normalized spacial score (nSPS) is 14.9. The smallest absolute Gasteiger partial charge is 0.315 e. The fourth-order valence-electron chi connectivity index (χ4n) is 10.2. The first-order valence-corrected chi connectivity index (χ1v) is 25.3. The highest BCUT2D eigenvalue weighted by Gasteiger charge is 2.26. The van der Waals surface area contributed by atoms with Crippen LogP contribution in [0.3, 0.4) is 0 Å². The van der Waals surface area contributed by atoms with Crippen molar-refractivity contribution in [1.29, 1.82) is 0 Å². The molecule has 2 aliphatic heterocycles. The van der Waals surface area contributed by atoms with Crippen molar-refractivity contribution in [3.05, 3.63) is 169 Å². The highest BCUT2D eigenvalue weighted by molar-refractivity contribution is 5.86. The van der Waals surface area contributed by atoms with Crippen molar-refractivity contribution < 1.29 is 13.6 Å². The maximum Gasteiger partial charge on any atom is 0.315 e. The molecule has 76 heavy (non-hydrogen) atoms. The number of nitrogens with one attached hydrogen (secondary N) is 2. The fraction of sp³-hybridized carbons (Fsp3) is 0.211. The van der Waals surface area contributed by atoms with Crippen molar-refractivity contribution in [1.82, 2.24) is 69.4 Å². The summed E-state index contributed by atoms with van der Waals surface area (Å²) in [5.41, 5.74) is 23.0. The number of hydrogen-bond donors (Lipinski definition) is 4. The molecule has 19 heteroatoms. The molecule has 10 aromatic rings. The SMILES string of the molecule is Nc1ncccc1-c1nc2ccc(-c3ccc(F)cn3)nc2n1-c1ccc(CN2CCC(NC(=O)NC3CCN(Cc4ccc(-n5c(-c6cccnc6N)nc6ccc(-c7ccc(F)cn7)nc65)cc4)CC3)CC2)cc1. The molecule has 0 bridgehead atoms. The number of halogens is 2. The summed E-state index contributed by atoms with van der Waals surface area (Å²) in [4.78, 5) is 55.0. The molecule has 2 aliphatic rings. The largest absolute Gasteiger partial charge is 0.383 e. The second-order valence-electron chi connectivity index (χ2n) is 19.3. The van der Waals surface area contributed by atoms with Gasteiger partial charge in [0.15, 0.2) is 22.9 Å². The third-order valence-corrected chi connectivity index (χ3v) is 14.2. The molecule has 2 fully saturated rings. The Morgan fingerprint density at radius 2 is 0.908 bits per heavy atom. The summed E-state index contributed by atoms with van der Waals surface area (Å²) < 4.78 is 31.4. The number of carbonyl (C=O) groups is 1. The van der Waals surface area contributed by atoms with Gasteiger partial charge in [0.1, 0.15) is 34.3 Å². The third-order valence-electron chi connectivity index (χ3n) is 14.2. The zero-order valence-corrected chi connectivity index (χ0v) is 41.3. The zero-order valence-electron chi connectivity index (χ0n) is 41.3. The number of pyridine rings is 6. The van der Waals surface area contributed by atoms with Crippen LogP contribution < -0.4 is 22.1 Å². The van der Waals surface area contributed by atoms with E-state index in [0.717, 1.165) is 87.5 Å². The number of nitrogens with zero attached hydrogens (tertiary/aromatic N) is 12. The summed E-state index contributed by atoms with van der Waals surface area (Å²) in [7, 11) is 0. The number of imidazole rings is 2. The standard InChI is InChI=1S/C57H52F2N16O/c58-37-9-15-45(64-31-37)47-17-19-49-55(68-47)74(53(70-49)43-3-1-25-62-51(43)60)41-11-5-35(6-12-41)33-72-27-21-39(22-28-72)66-57(76)67-40-23-29-73(30-24-40)34-36-7-13-42(14-8-36)75-54(44-4-2-26-63-52(44)61)71-50-20-18-48(69-56(50)75)46-16-10-38(59)32-65-46/h1-20,25-26,31-32,39-40H,21-24,27-30,33-34H2,(H2,60,62)(H2,61,63)(H2,66,67,76). The number of nitrogens with two attached hydrogens (primary N) is 2. The molecule has 2 aromatic carbocycles. The predicted octanol–water partition coefficient (Wildman–Crippen LogP) is 8.77. The van der Waals surface area contributed by atoms with E-state index in [-0.39, 0.29) is 18.1 Å². The number of piperidine rings is 2. The quantitative estimate of drug-likeness (QED) is 0.0902. The number of aromatic nitrogens is 10. The number of carbonyl (C=O) groups excluding carboxylic acids is 1. The van der Waals surface area contributed by atoms with Crippen molar-refractivity contribution in [3.63, 3.8) is 0 Å². The lowest BCUT2D eigenvalue weighted by Gasteiger charge is -2.34. The molecule has 0 spiro atoms. The van der Waals surface area contributed by atoms with E-state index in [4.69, 9.17) is 31.4 Å². The van der Waals surface area contributed by atoms with Gasteiger partial charge in [-0.3, -0.25) is 28.9 Å². The molecular formula is C57H52F2N16O. The first-order valence-electron chi connectivity index (χ1n) is 25.3. The number of amides is 2. The minimum Gasteiger partial charge on any atom is -0.383 e. The highest BCUT2D eigenvalue weighted by atomic mass is 19.1. The maximum atomic E-state index is 13.7. The molecule has 2 amide bonds. The van der Waals surface area contributed by atoms with Crippen LogP contribution in [0, 0.1) is 11.6 Å². The highest BCUT2D eigenvalue weighted by Crippen LogP contribution is 2.34. The van der Waals surface area contributed by atoms with Crippen LogP contribution in [0.4, 0.5) is 25.2 Å². The van der Waals surface area contributed by atoms with E-state index in [1.54, 1.807) is 24.5 Å². The van der Waals surface area contributed by atoms with Gasteiger partial charge in [-0.15, -0.1) is 0 Å². The number of rotatable bonds is 12. The molecule has 0 atom stereocenters. The van der Waals surface area contributed by atoms with E-state index in [1.807, 2.05) is 57.7 Å².